The van der Waals surface area contributed by atoms with E-state index < -0.39 is 0 Å². The summed E-state index contributed by atoms with van der Waals surface area (Å²) in [5.74, 6) is 1.78. The average molecular weight is 286 g/mol. The maximum atomic E-state index is 11.4. The summed E-state index contributed by atoms with van der Waals surface area (Å²) < 4.78 is 5.84. The molecule has 2 aromatic rings. The van der Waals surface area contributed by atoms with E-state index in [1.54, 1.807) is 24.8 Å². The van der Waals surface area contributed by atoms with E-state index in [0.717, 1.165) is 26.9 Å². The Labute approximate surface area is 124 Å². The number of aryl methyl sites for hydroxylation is 1. The lowest BCUT2D eigenvalue weighted by Crippen LogP contribution is -1.98. The first kappa shape index (κ1) is 14.7. The molecule has 0 aromatic heterocycles. The van der Waals surface area contributed by atoms with Gasteiger partial charge in [-0.2, -0.15) is 0 Å². The zero-order valence-electron chi connectivity index (χ0n) is 12.2. The van der Waals surface area contributed by atoms with Crippen LogP contribution in [0.15, 0.2) is 46.2 Å². The Morgan fingerprint density at radius 3 is 2.25 bits per heavy atom. The maximum absolute atomic E-state index is 11.4. The molecular formula is C17H18O2S. The number of ether oxygens (including phenoxy) is 1. The van der Waals surface area contributed by atoms with Gasteiger partial charge in [-0.3, -0.25) is 4.79 Å². The quantitative estimate of drug-likeness (QED) is 0.554. The molecule has 1 aliphatic heterocycles. The Morgan fingerprint density at radius 2 is 1.60 bits per heavy atom. The molecule has 2 nitrogen and oxygen atoms in total. The third-order valence-electron chi connectivity index (χ3n) is 2.89. The van der Waals surface area contributed by atoms with Gasteiger partial charge in [0.1, 0.15) is 11.5 Å². The lowest BCUT2D eigenvalue weighted by atomic mass is 10.1. The predicted octanol–water partition coefficient (Wildman–Crippen LogP) is 5.48. The molecule has 0 unspecified atom stereocenters. The van der Waals surface area contributed by atoms with Gasteiger partial charge in [0.2, 0.25) is 0 Å². The minimum Gasteiger partial charge on any atom is -0.455 e. The van der Waals surface area contributed by atoms with Crippen molar-refractivity contribution in [1.29, 1.82) is 0 Å². The monoisotopic (exact) mass is 286 g/mol. The molecule has 0 saturated carbocycles. The van der Waals surface area contributed by atoms with Crippen LogP contribution in [0, 0.1) is 6.92 Å². The Hall–Kier alpha value is -1.74. The molecule has 0 radical (unpaired) electrons. The molecule has 0 fully saturated rings. The molecule has 0 amide bonds. The lowest BCUT2D eigenvalue weighted by molar-refractivity contribution is 0.101. The first-order valence-corrected chi connectivity index (χ1v) is 7.56. The number of ketones is 1. The van der Waals surface area contributed by atoms with E-state index >= 15 is 0 Å². The molecular weight excluding hydrogens is 268 g/mol. The van der Waals surface area contributed by atoms with Crippen molar-refractivity contribution in [1.82, 2.24) is 0 Å². The summed E-state index contributed by atoms with van der Waals surface area (Å²) in [7, 11) is 0. The number of hydrogen-bond acceptors (Lipinski definition) is 3. The van der Waals surface area contributed by atoms with Crippen LogP contribution in [-0.4, -0.2) is 5.78 Å². The molecule has 2 aromatic carbocycles. The topological polar surface area (TPSA) is 26.3 Å². The number of fused-ring (bicyclic) bond motifs is 2. The van der Waals surface area contributed by atoms with E-state index in [0.29, 0.717) is 0 Å². The van der Waals surface area contributed by atoms with Gasteiger partial charge >= 0.3 is 0 Å². The predicted molar refractivity (Wildman–Crippen MR) is 83.2 cm³/mol. The van der Waals surface area contributed by atoms with Crippen LogP contribution in [0.5, 0.6) is 11.5 Å². The SMILES string of the molecule is CC.CC(=O)c1ccc2c(c1)Sc1cc(C)ccc1O2. The molecule has 3 rings (SSSR count). The van der Waals surface area contributed by atoms with Crippen molar-refractivity contribution in [3.63, 3.8) is 0 Å². The van der Waals surface area contributed by atoms with Crippen LogP contribution in [0.3, 0.4) is 0 Å². The molecule has 1 heterocycles. The standard InChI is InChI=1S/C15H12O2S.C2H6/c1-9-3-5-12-14(7-9)18-15-8-11(10(2)16)4-6-13(15)17-12;1-2/h3-8H,1-2H3;1-2H3. The van der Waals surface area contributed by atoms with Crippen molar-refractivity contribution < 1.29 is 9.53 Å². The van der Waals surface area contributed by atoms with Crippen molar-refractivity contribution >= 4 is 17.5 Å². The normalized spacial score (nSPS) is 11.4. The van der Waals surface area contributed by atoms with E-state index in [1.165, 1.54) is 5.56 Å². The van der Waals surface area contributed by atoms with Crippen molar-refractivity contribution in [2.45, 2.75) is 37.5 Å². The molecule has 0 bridgehead atoms. The van der Waals surface area contributed by atoms with Gasteiger partial charge in [-0.05, 0) is 49.7 Å². The van der Waals surface area contributed by atoms with Gasteiger partial charge in [0.15, 0.2) is 5.78 Å². The van der Waals surface area contributed by atoms with E-state index in [2.05, 4.69) is 13.0 Å². The van der Waals surface area contributed by atoms with Crippen LogP contribution in [-0.2, 0) is 0 Å². The number of carbonyl (C=O) groups excluding carboxylic acids is 1. The third-order valence-corrected chi connectivity index (χ3v) is 3.97. The van der Waals surface area contributed by atoms with Crippen molar-refractivity contribution in [2.24, 2.45) is 0 Å². The average Bonchev–Trinajstić information content (AvgIpc) is 2.46. The zero-order chi connectivity index (χ0) is 14.7. The summed E-state index contributed by atoms with van der Waals surface area (Å²) >= 11 is 1.65. The largest absolute Gasteiger partial charge is 0.455 e. The van der Waals surface area contributed by atoms with Crippen molar-refractivity contribution in [3.8, 4) is 11.5 Å². The number of Topliss-reactive ketones (excluding diaryl/α,β-unsaturated/α-hetero) is 1. The fourth-order valence-electron chi connectivity index (χ4n) is 1.91. The highest BCUT2D eigenvalue weighted by molar-refractivity contribution is 7.99. The Kier molecular flexibility index (Phi) is 4.50. The van der Waals surface area contributed by atoms with Crippen LogP contribution in [0.1, 0.15) is 36.7 Å². The molecule has 20 heavy (non-hydrogen) atoms. The fourth-order valence-corrected chi connectivity index (χ4v) is 3.00. The molecule has 104 valence electrons. The third kappa shape index (κ3) is 2.88. The molecule has 0 spiro atoms. The van der Waals surface area contributed by atoms with Crippen LogP contribution in [0.4, 0.5) is 0 Å². The molecule has 1 aliphatic rings. The van der Waals surface area contributed by atoms with Gasteiger partial charge in [-0.1, -0.05) is 31.7 Å². The van der Waals surface area contributed by atoms with Gasteiger partial charge in [-0.15, -0.1) is 0 Å². The highest BCUT2D eigenvalue weighted by Gasteiger charge is 2.18. The summed E-state index contributed by atoms with van der Waals surface area (Å²) in [4.78, 5) is 13.5. The minimum absolute atomic E-state index is 0.0773. The first-order valence-electron chi connectivity index (χ1n) is 6.75. The second-order valence-electron chi connectivity index (χ2n) is 4.37. The molecule has 0 saturated heterocycles. The summed E-state index contributed by atoms with van der Waals surface area (Å²) in [6.45, 7) is 7.64. The molecule has 0 N–H and O–H groups in total. The minimum atomic E-state index is 0.0773. The zero-order valence-corrected chi connectivity index (χ0v) is 13.0. The smallest absolute Gasteiger partial charge is 0.159 e. The maximum Gasteiger partial charge on any atom is 0.159 e. The van der Waals surface area contributed by atoms with Crippen LogP contribution >= 0.6 is 11.8 Å². The van der Waals surface area contributed by atoms with Crippen LogP contribution in [0.25, 0.3) is 0 Å². The number of hydrogen-bond donors (Lipinski definition) is 0. The molecule has 3 heteroatoms. The van der Waals surface area contributed by atoms with Gasteiger partial charge in [0.25, 0.3) is 0 Å². The highest BCUT2D eigenvalue weighted by atomic mass is 32.2. The Bertz CT molecular complexity index is 647. The number of carbonyl (C=O) groups is 1. The first-order chi connectivity index (χ1) is 9.63. The Balaban J connectivity index is 0.000000704. The van der Waals surface area contributed by atoms with E-state index in [-0.39, 0.29) is 5.78 Å². The van der Waals surface area contributed by atoms with Crippen molar-refractivity contribution in [3.05, 3.63) is 47.5 Å². The summed E-state index contributed by atoms with van der Waals surface area (Å²) in [6.07, 6.45) is 0. The van der Waals surface area contributed by atoms with Crippen LogP contribution in [0.2, 0.25) is 0 Å². The van der Waals surface area contributed by atoms with Crippen LogP contribution < -0.4 is 4.74 Å². The second-order valence-corrected chi connectivity index (χ2v) is 5.46. The van der Waals surface area contributed by atoms with Crippen molar-refractivity contribution in [2.75, 3.05) is 0 Å². The van der Waals surface area contributed by atoms with Gasteiger partial charge in [0, 0.05) is 5.56 Å². The second kappa shape index (κ2) is 6.14. The fraction of sp³-hybridized carbons (Fsp3) is 0.235. The summed E-state index contributed by atoms with van der Waals surface area (Å²) in [6, 6.07) is 11.7. The molecule has 0 atom stereocenters. The lowest BCUT2D eigenvalue weighted by Gasteiger charge is -2.20. The molecule has 0 aliphatic carbocycles. The summed E-state index contributed by atoms with van der Waals surface area (Å²) in [5.41, 5.74) is 1.93. The number of benzene rings is 2. The number of rotatable bonds is 1. The highest BCUT2D eigenvalue weighted by Crippen LogP contribution is 2.47. The Morgan fingerprint density at radius 1 is 1.00 bits per heavy atom. The van der Waals surface area contributed by atoms with Gasteiger partial charge in [0.05, 0.1) is 9.79 Å². The van der Waals surface area contributed by atoms with E-state index in [1.807, 2.05) is 38.1 Å². The summed E-state index contributed by atoms with van der Waals surface area (Å²) in [5, 5.41) is 0. The van der Waals surface area contributed by atoms with E-state index in [9.17, 15) is 4.79 Å². The van der Waals surface area contributed by atoms with Gasteiger partial charge in [-0.25, -0.2) is 0 Å². The van der Waals surface area contributed by atoms with E-state index in [4.69, 9.17) is 4.74 Å². The van der Waals surface area contributed by atoms with Gasteiger partial charge < -0.3 is 4.74 Å².